The highest BCUT2D eigenvalue weighted by Gasteiger charge is 2.32. The maximum absolute atomic E-state index is 13.7. The van der Waals surface area contributed by atoms with Crippen molar-refractivity contribution >= 4 is 10.0 Å². The van der Waals surface area contributed by atoms with Gasteiger partial charge in [0.15, 0.2) is 0 Å². The van der Waals surface area contributed by atoms with Gasteiger partial charge in [-0.3, -0.25) is 0 Å². The third-order valence-corrected chi connectivity index (χ3v) is 5.40. The molecule has 1 saturated heterocycles. The van der Waals surface area contributed by atoms with Crippen LogP contribution in [0.25, 0.3) is 0 Å². The Hall–Kier alpha value is -1.02. The number of nitrogens with two attached hydrogens (primary N) is 1. The molecule has 7 heteroatoms. The molecule has 20 heavy (non-hydrogen) atoms. The molecule has 0 amide bonds. The van der Waals surface area contributed by atoms with Gasteiger partial charge in [0.1, 0.15) is 5.82 Å². The number of benzene rings is 1. The third-order valence-electron chi connectivity index (χ3n) is 3.45. The van der Waals surface area contributed by atoms with Crippen LogP contribution in [-0.2, 0) is 21.3 Å². The summed E-state index contributed by atoms with van der Waals surface area (Å²) in [4.78, 5) is -0.0447. The summed E-state index contributed by atoms with van der Waals surface area (Å²) in [5.41, 5.74) is 5.52. The summed E-state index contributed by atoms with van der Waals surface area (Å²) in [6.45, 7) is 2.71. The van der Waals surface area contributed by atoms with Crippen LogP contribution in [0.3, 0.4) is 0 Å². The topological polar surface area (TPSA) is 72.6 Å². The van der Waals surface area contributed by atoms with Crippen LogP contribution in [0.15, 0.2) is 23.1 Å². The number of nitrogens with zero attached hydrogens (tertiary/aromatic N) is 1. The second-order valence-electron chi connectivity index (χ2n) is 4.68. The van der Waals surface area contributed by atoms with Gasteiger partial charge in [0, 0.05) is 25.2 Å². The Morgan fingerprint density at radius 3 is 2.90 bits per heavy atom. The van der Waals surface area contributed by atoms with E-state index in [-0.39, 0.29) is 29.7 Å². The molecule has 0 spiro atoms. The molecular weight excluding hydrogens is 283 g/mol. The second-order valence-corrected chi connectivity index (χ2v) is 6.59. The van der Waals surface area contributed by atoms with Gasteiger partial charge in [0.25, 0.3) is 0 Å². The van der Waals surface area contributed by atoms with Crippen LogP contribution in [0, 0.1) is 5.82 Å². The molecule has 1 heterocycles. The fourth-order valence-electron chi connectivity index (χ4n) is 2.28. The Bertz CT molecular complexity index is 577. The minimum atomic E-state index is -3.74. The molecule has 0 aromatic heterocycles. The number of hydrogen-bond acceptors (Lipinski definition) is 4. The first kappa shape index (κ1) is 15.4. The monoisotopic (exact) mass is 302 g/mol. The summed E-state index contributed by atoms with van der Waals surface area (Å²) < 4.78 is 45.8. The predicted octanol–water partition coefficient (Wildman–Crippen LogP) is 1.08. The number of morpholine rings is 1. The van der Waals surface area contributed by atoms with E-state index in [1.165, 1.54) is 22.5 Å². The van der Waals surface area contributed by atoms with Crippen molar-refractivity contribution in [1.29, 1.82) is 0 Å². The van der Waals surface area contributed by atoms with Crippen molar-refractivity contribution in [1.82, 2.24) is 4.31 Å². The van der Waals surface area contributed by atoms with Gasteiger partial charge in [-0.25, -0.2) is 12.8 Å². The lowest BCUT2D eigenvalue weighted by molar-refractivity contribution is -0.00279. The normalized spacial score (nSPS) is 21.1. The molecule has 1 aliphatic rings. The largest absolute Gasteiger partial charge is 0.375 e. The summed E-state index contributed by atoms with van der Waals surface area (Å²) in [6, 6.07) is 4.01. The molecule has 1 aromatic carbocycles. The molecule has 0 radical (unpaired) electrons. The zero-order valence-electron chi connectivity index (χ0n) is 11.4. The lowest BCUT2D eigenvalue weighted by Crippen LogP contribution is -2.45. The highest BCUT2D eigenvalue weighted by Crippen LogP contribution is 2.24. The summed E-state index contributed by atoms with van der Waals surface area (Å²) in [7, 11) is -3.74. The molecule has 112 valence electrons. The van der Waals surface area contributed by atoms with Gasteiger partial charge in [0.05, 0.1) is 17.6 Å². The van der Waals surface area contributed by atoms with E-state index in [1.54, 1.807) is 0 Å². The van der Waals surface area contributed by atoms with Gasteiger partial charge < -0.3 is 10.5 Å². The van der Waals surface area contributed by atoms with E-state index in [1.807, 2.05) is 6.92 Å². The van der Waals surface area contributed by atoms with Crippen LogP contribution >= 0.6 is 0 Å². The average molecular weight is 302 g/mol. The molecule has 1 aliphatic heterocycles. The van der Waals surface area contributed by atoms with Crippen LogP contribution in [-0.4, -0.2) is 38.5 Å². The van der Waals surface area contributed by atoms with Gasteiger partial charge >= 0.3 is 0 Å². The minimum Gasteiger partial charge on any atom is -0.375 e. The Kier molecular flexibility index (Phi) is 4.74. The van der Waals surface area contributed by atoms with Crippen LogP contribution in [0.4, 0.5) is 4.39 Å². The smallest absolute Gasteiger partial charge is 0.243 e. The quantitative estimate of drug-likeness (QED) is 0.903. The van der Waals surface area contributed by atoms with Crippen molar-refractivity contribution in [3.63, 3.8) is 0 Å². The standard InChI is InChI=1S/C13H19FN2O3S/c1-2-10-9-16(6-7-19-10)20(17,18)13-5-3-4-12(14)11(13)8-15/h3-5,10H,2,6-9,15H2,1H3. The zero-order valence-corrected chi connectivity index (χ0v) is 12.2. The van der Waals surface area contributed by atoms with E-state index in [0.29, 0.717) is 13.2 Å². The molecule has 1 unspecified atom stereocenters. The number of rotatable bonds is 4. The van der Waals surface area contributed by atoms with Crippen molar-refractivity contribution < 1.29 is 17.5 Å². The van der Waals surface area contributed by atoms with Crippen molar-refractivity contribution in [2.75, 3.05) is 19.7 Å². The maximum Gasteiger partial charge on any atom is 0.243 e. The van der Waals surface area contributed by atoms with Gasteiger partial charge in [0.2, 0.25) is 10.0 Å². The average Bonchev–Trinajstić information content (AvgIpc) is 2.47. The molecule has 0 aliphatic carbocycles. The maximum atomic E-state index is 13.7. The first-order chi connectivity index (χ1) is 9.50. The van der Waals surface area contributed by atoms with Crippen molar-refractivity contribution in [3.8, 4) is 0 Å². The Labute approximate surface area is 118 Å². The van der Waals surface area contributed by atoms with Gasteiger partial charge in [-0.1, -0.05) is 13.0 Å². The fourth-order valence-corrected chi connectivity index (χ4v) is 3.97. The van der Waals surface area contributed by atoms with E-state index in [4.69, 9.17) is 10.5 Å². The summed E-state index contributed by atoms with van der Waals surface area (Å²) >= 11 is 0. The third kappa shape index (κ3) is 2.85. The number of halogens is 1. The molecule has 0 bridgehead atoms. The fraction of sp³-hybridized carbons (Fsp3) is 0.538. The molecular formula is C13H19FN2O3S. The van der Waals surface area contributed by atoms with Gasteiger partial charge in [-0.15, -0.1) is 0 Å². The Morgan fingerprint density at radius 2 is 2.25 bits per heavy atom. The Balaban J connectivity index is 2.38. The molecule has 2 N–H and O–H groups in total. The first-order valence-electron chi connectivity index (χ1n) is 6.60. The van der Waals surface area contributed by atoms with Crippen LogP contribution in [0.5, 0.6) is 0 Å². The van der Waals surface area contributed by atoms with Crippen molar-refractivity contribution in [2.45, 2.75) is 30.9 Å². The van der Waals surface area contributed by atoms with Crippen LogP contribution in [0.2, 0.25) is 0 Å². The summed E-state index contributed by atoms with van der Waals surface area (Å²) in [6.07, 6.45) is 0.618. The van der Waals surface area contributed by atoms with Gasteiger partial charge in [-0.2, -0.15) is 4.31 Å². The van der Waals surface area contributed by atoms with E-state index in [0.717, 1.165) is 6.42 Å². The van der Waals surface area contributed by atoms with E-state index >= 15 is 0 Å². The number of sulfonamides is 1. The molecule has 0 saturated carbocycles. The van der Waals surface area contributed by atoms with E-state index < -0.39 is 15.8 Å². The molecule has 2 rings (SSSR count). The van der Waals surface area contributed by atoms with Gasteiger partial charge in [-0.05, 0) is 18.6 Å². The highest BCUT2D eigenvalue weighted by molar-refractivity contribution is 7.89. The summed E-state index contributed by atoms with van der Waals surface area (Å²) in [5.74, 6) is -0.589. The van der Waals surface area contributed by atoms with Crippen LogP contribution < -0.4 is 5.73 Å². The number of ether oxygens (including phenoxy) is 1. The minimum absolute atomic E-state index is 0.0343. The van der Waals surface area contributed by atoms with Crippen molar-refractivity contribution in [3.05, 3.63) is 29.6 Å². The molecule has 5 nitrogen and oxygen atoms in total. The lowest BCUT2D eigenvalue weighted by Gasteiger charge is -2.32. The van der Waals surface area contributed by atoms with E-state index in [2.05, 4.69) is 0 Å². The van der Waals surface area contributed by atoms with Crippen molar-refractivity contribution in [2.24, 2.45) is 5.73 Å². The van der Waals surface area contributed by atoms with E-state index in [9.17, 15) is 12.8 Å². The predicted molar refractivity (Wildman–Crippen MR) is 73.1 cm³/mol. The second kappa shape index (κ2) is 6.17. The first-order valence-corrected chi connectivity index (χ1v) is 8.04. The molecule has 1 aromatic rings. The lowest BCUT2D eigenvalue weighted by atomic mass is 10.2. The zero-order chi connectivity index (χ0) is 14.8. The van der Waals surface area contributed by atoms with Crippen LogP contribution in [0.1, 0.15) is 18.9 Å². The molecule has 1 fully saturated rings. The SMILES string of the molecule is CCC1CN(S(=O)(=O)c2cccc(F)c2CN)CCO1. The molecule has 1 atom stereocenters. The number of hydrogen-bond donors (Lipinski definition) is 1. The Morgan fingerprint density at radius 1 is 1.50 bits per heavy atom. The highest BCUT2D eigenvalue weighted by atomic mass is 32.2. The summed E-state index contributed by atoms with van der Waals surface area (Å²) in [5, 5.41) is 0.